The molecule has 0 saturated carbocycles. The van der Waals surface area contributed by atoms with Gasteiger partial charge in [-0.05, 0) is 24.8 Å². The van der Waals surface area contributed by atoms with Gasteiger partial charge in [0, 0.05) is 6.54 Å². The third-order valence-corrected chi connectivity index (χ3v) is 2.82. The molecule has 0 amide bonds. The maximum atomic E-state index is 11.0. The van der Waals surface area contributed by atoms with E-state index in [9.17, 15) is 4.79 Å². The number of unbranched alkanes of at least 4 members (excludes halogenated alkanes) is 1. The van der Waals surface area contributed by atoms with Gasteiger partial charge >= 0.3 is 5.97 Å². The molecule has 0 saturated heterocycles. The van der Waals surface area contributed by atoms with Gasteiger partial charge < -0.3 is 5.11 Å². The topological polar surface area (TPSA) is 58.6 Å². The summed E-state index contributed by atoms with van der Waals surface area (Å²) < 4.78 is 0. The number of benzene rings is 1. The molecule has 0 spiro atoms. The zero-order valence-electron chi connectivity index (χ0n) is 11.0. The fourth-order valence-corrected chi connectivity index (χ4v) is 1.69. The van der Waals surface area contributed by atoms with Gasteiger partial charge in [0.15, 0.2) is 0 Å². The molecule has 0 fully saturated rings. The van der Waals surface area contributed by atoms with E-state index in [1.165, 1.54) is 0 Å². The molecule has 4 heteroatoms. The van der Waals surface area contributed by atoms with Gasteiger partial charge in [0.1, 0.15) is 0 Å². The second-order valence-corrected chi connectivity index (χ2v) is 4.38. The standard InChI is InChI=1S/C15H21NO3/c1-2-3-5-10-14(15(17)18)11-16-19-12-13-8-6-4-7-9-13/h2,4,6-9,14,16H,1,3,5,10-12H2,(H,17,18)/t14-/m1/s1. The number of hydrogen-bond acceptors (Lipinski definition) is 3. The molecule has 2 N–H and O–H groups in total. The Balaban J connectivity index is 2.21. The average molecular weight is 263 g/mol. The fourth-order valence-electron chi connectivity index (χ4n) is 1.69. The molecule has 0 aliphatic heterocycles. The van der Waals surface area contributed by atoms with E-state index in [2.05, 4.69) is 12.1 Å². The summed E-state index contributed by atoms with van der Waals surface area (Å²) in [5.41, 5.74) is 3.79. The first-order valence-corrected chi connectivity index (χ1v) is 6.46. The molecule has 0 radical (unpaired) electrons. The van der Waals surface area contributed by atoms with Crippen LogP contribution >= 0.6 is 0 Å². The molecule has 1 aromatic rings. The zero-order valence-corrected chi connectivity index (χ0v) is 11.0. The van der Waals surface area contributed by atoms with Crippen LogP contribution in [0.3, 0.4) is 0 Å². The largest absolute Gasteiger partial charge is 0.481 e. The van der Waals surface area contributed by atoms with Gasteiger partial charge in [-0.15, -0.1) is 6.58 Å². The van der Waals surface area contributed by atoms with Crippen LogP contribution in [0.1, 0.15) is 24.8 Å². The first-order valence-electron chi connectivity index (χ1n) is 6.46. The number of hydrogen-bond donors (Lipinski definition) is 2. The lowest BCUT2D eigenvalue weighted by molar-refractivity contribution is -0.143. The van der Waals surface area contributed by atoms with Crippen LogP contribution < -0.4 is 5.48 Å². The highest BCUT2D eigenvalue weighted by Crippen LogP contribution is 2.08. The van der Waals surface area contributed by atoms with Crippen molar-refractivity contribution < 1.29 is 14.7 Å². The van der Waals surface area contributed by atoms with Crippen molar-refractivity contribution >= 4 is 5.97 Å². The summed E-state index contributed by atoms with van der Waals surface area (Å²) in [4.78, 5) is 16.3. The molecule has 0 aliphatic rings. The SMILES string of the molecule is C=CCCC[C@H](CNOCc1ccccc1)C(=O)O. The molecule has 1 rings (SSSR count). The minimum Gasteiger partial charge on any atom is -0.481 e. The molecule has 1 atom stereocenters. The number of carbonyl (C=O) groups is 1. The van der Waals surface area contributed by atoms with E-state index in [1.54, 1.807) is 6.08 Å². The molecule has 0 unspecified atom stereocenters. The van der Waals surface area contributed by atoms with E-state index in [4.69, 9.17) is 9.94 Å². The van der Waals surface area contributed by atoms with Crippen molar-refractivity contribution in [1.29, 1.82) is 0 Å². The van der Waals surface area contributed by atoms with Crippen molar-refractivity contribution in [1.82, 2.24) is 5.48 Å². The Morgan fingerprint density at radius 3 is 2.79 bits per heavy atom. The lowest BCUT2D eigenvalue weighted by Crippen LogP contribution is -2.28. The summed E-state index contributed by atoms with van der Waals surface area (Å²) in [6.45, 7) is 4.37. The summed E-state index contributed by atoms with van der Waals surface area (Å²) in [5, 5.41) is 9.07. The van der Waals surface area contributed by atoms with Gasteiger partial charge in [-0.25, -0.2) is 5.48 Å². The normalized spacial score (nSPS) is 12.0. The van der Waals surface area contributed by atoms with Crippen LogP contribution in [-0.2, 0) is 16.2 Å². The number of allylic oxidation sites excluding steroid dienone is 1. The summed E-state index contributed by atoms with van der Waals surface area (Å²) in [6.07, 6.45) is 4.11. The van der Waals surface area contributed by atoms with E-state index in [-0.39, 0.29) is 0 Å². The second kappa shape index (κ2) is 9.30. The minimum absolute atomic E-state index is 0.319. The molecular formula is C15H21NO3. The Labute approximate surface area is 114 Å². The summed E-state index contributed by atoms with van der Waals surface area (Å²) in [6, 6.07) is 9.74. The summed E-state index contributed by atoms with van der Waals surface area (Å²) in [7, 11) is 0. The van der Waals surface area contributed by atoms with Crippen LogP contribution in [0.5, 0.6) is 0 Å². The van der Waals surface area contributed by atoms with Crippen molar-refractivity contribution in [2.45, 2.75) is 25.9 Å². The number of nitrogens with one attached hydrogen (secondary N) is 1. The van der Waals surface area contributed by atoms with E-state index in [0.29, 0.717) is 19.6 Å². The van der Waals surface area contributed by atoms with E-state index in [1.807, 2.05) is 30.3 Å². The smallest absolute Gasteiger partial charge is 0.307 e. The van der Waals surface area contributed by atoms with Crippen LogP contribution in [0.25, 0.3) is 0 Å². The number of hydroxylamine groups is 1. The fraction of sp³-hybridized carbons (Fsp3) is 0.400. The molecule has 104 valence electrons. The zero-order chi connectivity index (χ0) is 13.9. The predicted molar refractivity (Wildman–Crippen MR) is 74.4 cm³/mol. The third-order valence-electron chi connectivity index (χ3n) is 2.82. The quantitative estimate of drug-likeness (QED) is 0.387. The Bertz CT molecular complexity index is 378. The lowest BCUT2D eigenvalue weighted by atomic mass is 10.0. The Morgan fingerprint density at radius 1 is 1.42 bits per heavy atom. The van der Waals surface area contributed by atoms with Crippen molar-refractivity contribution in [2.24, 2.45) is 5.92 Å². The Kier molecular flexibility index (Phi) is 7.54. The minimum atomic E-state index is -0.792. The predicted octanol–water partition coefficient (Wildman–Crippen LogP) is 2.76. The molecule has 19 heavy (non-hydrogen) atoms. The average Bonchev–Trinajstić information content (AvgIpc) is 2.42. The molecular weight excluding hydrogens is 242 g/mol. The van der Waals surface area contributed by atoms with Crippen LogP contribution in [0.4, 0.5) is 0 Å². The number of rotatable bonds is 10. The maximum Gasteiger partial charge on any atom is 0.307 e. The number of carboxylic acid groups (broad SMARTS) is 1. The van der Waals surface area contributed by atoms with Gasteiger partial charge in [0.25, 0.3) is 0 Å². The molecule has 0 aromatic heterocycles. The highest BCUT2D eigenvalue weighted by Gasteiger charge is 2.16. The Hall–Kier alpha value is -1.65. The van der Waals surface area contributed by atoms with Gasteiger partial charge in [-0.1, -0.05) is 36.4 Å². The monoisotopic (exact) mass is 263 g/mol. The van der Waals surface area contributed by atoms with Crippen molar-refractivity contribution in [3.63, 3.8) is 0 Å². The van der Waals surface area contributed by atoms with Crippen LogP contribution in [0.15, 0.2) is 43.0 Å². The molecule has 0 heterocycles. The summed E-state index contributed by atoms with van der Waals surface area (Å²) >= 11 is 0. The van der Waals surface area contributed by atoms with Gasteiger partial charge in [-0.2, -0.15) is 0 Å². The van der Waals surface area contributed by atoms with Crippen LogP contribution in [-0.4, -0.2) is 17.6 Å². The summed E-state index contributed by atoms with van der Waals surface area (Å²) in [5.74, 6) is -1.21. The highest BCUT2D eigenvalue weighted by atomic mass is 16.6. The number of aliphatic carboxylic acids is 1. The Morgan fingerprint density at radius 2 is 2.16 bits per heavy atom. The first-order chi connectivity index (χ1) is 9.24. The number of carboxylic acids is 1. The highest BCUT2D eigenvalue weighted by molar-refractivity contribution is 5.70. The van der Waals surface area contributed by atoms with Crippen LogP contribution in [0.2, 0.25) is 0 Å². The van der Waals surface area contributed by atoms with E-state index < -0.39 is 11.9 Å². The van der Waals surface area contributed by atoms with Crippen molar-refractivity contribution in [3.05, 3.63) is 48.6 Å². The van der Waals surface area contributed by atoms with E-state index >= 15 is 0 Å². The molecule has 0 aliphatic carbocycles. The molecule has 4 nitrogen and oxygen atoms in total. The first kappa shape index (κ1) is 15.4. The van der Waals surface area contributed by atoms with Crippen molar-refractivity contribution in [2.75, 3.05) is 6.54 Å². The molecule has 0 bridgehead atoms. The van der Waals surface area contributed by atoms with Gasteiger partial charge in [-0.3, -0.25) is 9.63 Å². The van der Waals surface area contributed by atoms with Gasteiger partial charge in [0.2, 0.25) is 0 Å². The van der Waals surface area contributed by atoms with Gasteiger partial charge in [0.05, 0.1) is 12.5 Å². The van der Waals surface area contributed by atoms with E-state index in [0.717, 1.165) is 18.4 Å². The van der Waals surface area contributed by atoms with Crippen LogP contribution in [0, 0.1) is 5.92 Å². The maximum absolute atomic E-state index is 11.0. The second-order valence-electron chi connectivity index (χ2n) is 4.38. The molecule has 1 aromatic carbocycles. The van der Waals surface area contributed by atoms with Crippen molar-refractivity contribution in [3.8, 4) is 0 Å². The third kappa shape index (κ3) is 6.74. The lowest BCUT2D eigenvalue weighted by Gasteiger charge is -2.12.